The summed E-state index contributed by atoms with van der Waals surface area (Å²) in [6.45, 7) is 4.12. The molecule has 7 nitrogen and oxygen atoms in total. The highest BCUT2D eigenvalue weighted by Crippen LogP contribution is 2.23. The largest absolute Gasteiger partial charge is 0.322 e. The van der Waals surface area contributed by atoms with Gasteiger partial charge in [-0.1, -0.05) is 11.6 Å². The fourth-order valence-electron chi connectivity index (χ4n) is 3.56. The fourth-order valence-corrected chi connectivity index (χ4v) is 5.16. The Labute approximate surface area is 186 Å². The molecule has 1 N–H and O–H groups in total. The van der Waals surface area contributed by atoms with E-state index in [4.69, 9.17) is 11.6 Å². The molecule has 0 bridgehead atoms. The minimum Gasteiger partial charge on any atom is -0.322 e. The van der Waals surface area contributed by atoms with E-state index in [0.29, 0.717) is 48.1 Å². The number of piperazine rings is 1. The van der Waals surface area contributed by atoms with Gasteiger partial charge >= 0.3 is 0 Å². The molecule has 0 atom stereocenters. The number of rotatable bonds is 4. The summed E-state index contributed by atoms with van der Waals surface area (Å²) in [6, 6.07) is 13.3. The number of anilines is 1. The minimum atomic E-state index is -3.55. The van der Waals surface area contributed by atoms with Crippen LogP contribution in [0.3, 0.4) is 0 Å². The Kier molecular flexibility index (Phi) is 5.98. The Hall–Kier alpha value is -2.52. The predicted octanol–water partition coefficient (Wildman–Crippen LogP) is 3.39. The molecule has 1 aliphatic heterocycles. The molecule has 0 saturated carbocycles. The molecule has 1 aliphatic rings. The van der Waals surface area contributed by atoms with Crippen LogP contribution in [-0.2, 0) is 10.0 Å². The van der Waals surface area contributed by atoms with Gasteiger partial charge in [0, 0.05) is 42.3 Å². The predicted molar refractivity (Wildman–Crippen MR) is 122 cm³/mol. The topological polar surface area (TPSA) is 82.6 Å². The number of carbonyl (C=O) groups excluding carboxylic acids is 1. The number of aryl methyl sites for hydroxylation is 1. The molecule has 1 aromatic heterocycles. The highest BCUT2D eigenvalue weighted by Gasteiger charge is 2.27. The summed E-state index contributed by atoms with van der Waals surface area (Å²) in [5.41, 5.74) is 2.30. The van der Waals surface area contributed by atoms with Crippen LogP contribution in [0.25, 0.3) is 10.9 Å². The van der Waals surface area contributed by atoms with Gasteiger partial charge in [-0.2, -0.15) is 4.31 Å². The molecule has 0 radical (unpaired) electrons. The van der Waals surface area contributed by atoms with Crippen LogP contribution < -0.4 is 5.32 Å². The van der Waals surface area contributed by atoms with E-state index in [1.54, 1.807) is 37.3 Å². The molecule has 2 heterocycles. The summed E-state index contributed by atoms with van der Waals surface area (Å²) in [6.07, 6.45) is 0. The highest BCUT2D eigenvalue weighted by atomic mass is 35.5. The Morgan fingerprint density at radius 3 is 2.39 bits per heavy atom. The number of pyridine rings is 1. The summed E-state index contributed by atoms with van der Waals surface area (Å²) in [5, 5.41) is 4.16. The molecule has 1 saturated heterocycles. The number of likely N-dealkylation sites (N-methyl/N-ethyl adjacent to an activating group) is 1. The maximum atomic E-state index is 12.8. The summed E-state index contributed by atoms with van der Waals surface area (Å²) in [7, 11) is -1.57. The second-order valence-electron chi connectivity index (χ2n) is 7.64. The zero-order chi connectivity index (χ0) is 22.2. The molecule has 2 aromatic carbocycles. The molecule has 4 rings (SSSR count). The van der Waals surface area contributed by atoms with Gasteiger partial charge in [0.25, 0.3) is 5.91 Å². The van der Waals surface area contributed by atoms with Gasteiger partial charge in [0.05, 0.1) is 21.7 Å². The lowest BCUT2D eigenvalue weighted by molar-refractivity contribution is 0.102. The van der Waals surface area contributed by atoms with E-state index < -0.39 is 10.0 Å². The fraction of sp³-hybridized carbons (Fsp3) is 0.273. The lowest BCUT2D eigenvalue weighted by Crippen LogP contribution is -2.46. The number of benzene rings is 2. The highest BCUT2D eigenvalue weighted by molar-refractivity contribution is 7.89. The van der Waals surface area contributed by atoms with E-state index >= 15 is 0 Å². The number of carbonyl (C=O) groups is 1. The number of hydrogen-bond donors (Lipinski definition) is 1. The molecule has 1 fully saturated rings. The number of fused-ring (bicyclic) bond motifs is 1. The zero-order valence-corrected chi connectivity index (χ0v) is 18.9. The van der Waals surface area contributed by atoms with Crippen LogP contribution in [0.15, 0.2) is 53.4 Å². The molecule has 9 heteroatoms. The van der Waals surface area contributed by atoms with Crippen LogP contribution in [0, 0.1) is 6.92 Å². The third-order valence-electron chi connectivity index (χ3n) is 5.42. The van der Waals surface area contributed by atoms with Crippen molar-refractivity contribution >= 4 is 44.1 Å². The molecular weight excluding hydrogens is 436 g/mol. The average Bonchev–Trinajstić information content (AvgIpc) is 2.74. The number of sulfonamides is 1. The van der Waals surface area contributed by atoms with Gasteiger partial charge in [-0.15, -0.1) is 0 Å². The van der Waals surface area contributed by atoms with E-state index in [1.807, 2.05) is 13.1 Å². The first-order valence-corrected chi connectivity index (χ1v) is 11.7. The minimum absolute atomic E-state index is 0.216. The third kappa shape index (κ3) is 4.57. The van der Waals surface area contributed by atoms with Crippen molar-refractivity contribution in [2.45, 2.75) is 11.8 Å². The molecule has 3 aromatic rings. The van der Waals surface area contributed by atoms with E-state index in [9.17, 15) is 13.2 Å². The average molecular weight is 459 g/mol. The first-order valence-electron chi connectivity index (χ1n) is 9.91. The maximum absolute atomic E-state index is 12.8. The van der Waals surface area contributed by atoms with Crippen molar-refractivity contribution in [3.05, 3.63) is 64.8 Å². The molecule has 31 heavy (non-hydrogen) atoms. The Bertz CT molecular complexity index is 1240. The van der Waals surface area contributed by atoms with E-state index in [0.717, 1.165) is 10.9 Å². The molecule has 0 spiro atoms. The molecular formula is C22H23ClN4O3S. The number of hydrogen-bond acceptors (Lipinski definition) is 5. The van der Waals surface area contributed by atoms with Crippen molar-refractivity contribution in [1.82, 2.24) is 14.2 Å². The summed E-state index contributed by atoms with van der Waals surface area (Å²) in [4.78, 5) is 19.6. The Morgan fingerprint density at radius 2 is 1.71 bits per heavy atom. The summed E-state index contributed by atoms with van der Waals surface area (Å²) >= 11 is 6.05. The van der Waals surface area contributed by atoms with E-state index in [2.05, 4.69) is 15.2 Å². The van der Waals surface area contributed by atoms with Crippen LogP contribution in [0.2, 0.25) is 5.02 Å². The normalized spacial score (nSPS) is 15.8. The standard InChI is InChI=1S/C22H23ClN4O3S/c1-15-20(14-16-13-17(23)3-8-21(16)24-15)22(28)25-18-4-6-19(7-5-18)31(29,30)27-11-9-26(2)10-12-27/h3-8,13-14H,9-12H2,1-2H3,(H,25,28). The quantitative estimate of drug-likeness (QED) is 0.648. The van der Waals surface area contributed by atoms with Crippen molar-refractivity contribution < 1.29 is 13.2 Å². The third-order valence-corrected chi connectivity index (χ3v) is 7.57. The van der Waals surface area contributed by atoms with Gasteiger partial charge in [-0.3, -0.25) is 9.78 Å². The first kappa shape index (κ1) is 21.7. The van der Waals surface area contributed by atoms with E-state index in [-0.39, 0.29) is 10.8 Å². The first-order chi connectivity index (χ1) is 14.7. The van der Waals surface area contributed by atoms with Gasteiger partial charge in [-0.25, -0.2) is 8.42 Å². The number of aromatic nitrogens is 1. The van der Waals surface area contributed by atoms with Crippen molar-refractivity contribution in [3.8, 4) is 0 Å². The Morgan fingerprint density at radius 1 is 1.03 bits per heavy atom. The number of halogens is 1. The molecule has 0 aliphatic carbocycles. The van der Waals surface area contributed by atoms with Crippen LogP contribution in [-0.4, -0.2) is 61.7 Å². The van der Waals surface area contributed by atoms with E-state index in [1.165, 1.54) is 16.4 Å². The second kappa shape index (κ2) is 8.55. The number of amides is 1. The molecule has 162 valence electrons. The summed E-state index contributed by atoms with van der Waals surface area (Å²) < 4.78 is 27.2. The van der Waals surface area contributed by atoms with Crippen molar-refractivity contribution in [3.63, 3.8) is 0 Å². The van der Waals surface area contributed by atoms with Crippen LogP contribution >= 0.6 is 11.6 Å². The van der Waals surface area contributed by atoms with Crippen molar-refractivity contribution in [1.29, 1.82) is 0 Å². The molecule has 0 unspecified atom stereocenters. The monoisotopic (exact) mass is 458 g/mol. The molecule has 1 amide bonds. The van der Waals surface area contributed by atoms with Gasteiger partial charge in [-0.05, 0) is 62.5 Å². The van der Waals surface area contributed by atoms with Crippen LogP contribution in [0.1, 0.15) is 16.1 Å². The van der Waals surface area contributed by atoms with Crippen LogP contribution in [0.5, 0.6) is 0 Å². The summed E-state index contributed by atoms with van der Waals surface area (Å²) in [5.74, 6) is -0.318. The van der Waals surface area contributed by atoms with Gasteiger partial charge in [0.2, 0.25) is 10.0 Å². The van der Waals surface area contributed by atoms with Gasteiger partial charge < -0.3 is 10.2 Å². The number of nitrogens with one attached hydrogen (secondary N) is 1. The maximum Gasteiger partial charge on any atom is 0.257 e. The van der Waals surface area contributed by atoms with Crippen molar-refractivity contribution in [2.24, 2.45) is 0 Å². The lowest BCUT2D eigenvalue weighted by atomic mass is 10.1. The Balaban J connectivity index is 1.52. The number of nitrogens with zero attached hydrogens (tertiary/aromatic N) is 3. The lowest BCUT2D eigenvalue weighted by Gasteiger charge is -2.31. The van der Waals surface area contributed by atoms with Gasteiger partial charge in [0.1, 0.15) is 0 Å². The van der Waals surface area contributed by atoms with Crippen LogP contribution in [0.4, 0.5) is 5.69 Å². The zero-order valence-electron chi connectivity index (χ0n) is 17.3. The van der Waals surface area contributed by atoms with Crippen molar-refractivity contribution in [2.75, 3.05) is 38.5 Å². The second-order valence-corrected chi connectivity index (χ2v) is 10.0. The van der Waals surface area contributed by atoms with Gasteiger partial charge in [0.15, 0.2) is 0 Å². The smallest absolute Gasteiger partial charge is 0.257 e. The SMILES string of the molecule is Cc1nc2ccc(Cl)cc2cc1C(=O)Nc1ccc(S(=O)(=O)N2CCN(C)CC2)cc1.